The smallest absolute Gasteiger partial charge is 0.465 e. The van der Waals surface area contributed by atoms with Gasteiger partial charge < -0.3 is 18.0 Å². The molecule has 0 unspecified atom stereocenters. The van der Waals surface area contributed by atoms with Gasteiger partial charge in [-0.15, -0.1) is 0 Å². The van der Waals surface area contributed by atoms with Crippen LogP contribution in [0.25, 0.3) is 0 Å². The number of ether oxygens (including phenoxy) is 1. The Morgan fingerprint density at radius 2 is 1.41 bits per heavy atom. The second-order valence-electron chi connectivity index (χ2n) is 6.72. The summed E-state index contributed by atoms with van der Waals surface area (Å²) >= 11 is 4.10. The summed E-state index contributed by atoms with van der Waals surface area (Å²) in [5.41, 5.74) is 0. The number of alkyl halides is 1. The molecule has 27 heavy (non-hydrogen) atoms. The van der Waals surface area contributed by atoms with Gasteiger partial charge in [0.2, 0.25) is 0 Å². The summed E-state index contributed by atoms with van der Waals surface area (Å²) in [7, 11) is -2.46. The third kappa shape index (κ3) is 14.3. The second-order valence-corrected chi connectivity index (χ2v) is 13.4. The summed E-state index contributed by atoms with van der Waals surface area (Å²) in [6, 6.07) is 0.897. The van der Waals surface area contributed by atoms with E-state index in [9.17, 15) is 4.79 Å². The van der Waals surface area contributed by atoms with Crippen LogP contribution >= 0.6 is 34.4 Å². The summed E-state index contributed by atoms with van der Waals surface area (Å²) < 4.78 is 22.5. The molecule has 0 aromatic carbocycles. The Balaban J connectivity index is 3.69. The molecule has 0 aliphatic rings. The normalized spacial score (nSPS) is 12.4. The Labute approximate surface area is 185 Å². The number of halogens is 1. The lowest BCUT2D eigenvalue weighted by Crippen LogP contribution is -2.46. The number of unbranched alkanes of at least 4 members (excludes halogenated alkanes) is 3. The molecule has 0 N–H and O–H groups in total. The van der Waals surface area contributed by atoms with E-state index in [1.807, 2.05) is 46.4 Å². The van der Waals surface area contributed by atoms with E-state index in [0.717, 1.165) is 31.1 Å². The molecule has 0 rings (SSSR count). The number of rotatable bonds is 18. The van der Waals surface area contributed by atoms with E-state index in [1.165, 1.54) is 18.6 Å². The van der Waals surface area contributed by atoms with Gasteiger partial charge in [0.1, 0.15) is 3.42 Å². The average Bonchev–Trinajstić information content (AvgIpc) is 2.59. The fourth-order valence-electron chi connectivity index (χ4n) is 2.49. The molecule has 0 saturated carbocycles. The quantitative estimate of drug-likeness (QED) is 0.0764. The minimum Gasteiger partial charge on any atom is -0.465 e. The largest absolute Gasteiger partial charge is 0.500 e. The van der Waals surface area contributed by atoms with Crippen molar-refractivity contribution in [3.8, 4) is 0 Å². The van der Waals surface area contributed by atoms with Crippen molar-refractivity contribution in [1.82, 2.24) is 0 Å². The SMILES string of the molecule is CCO[Si](CCCSCCCCCCOC(=O)C(C)(C)I)(OCC)OCC. The molecule has 162 valence electrons. The second kappa shape index (κ2) is 16.4. The highest BCUT2D eigenvalue weighted by molar-refractivity contribution is 14.1. The third-order valence-corrected chi connectivity index (χ3v) is 8.51. The van der Waals surface area contributed by atoms with Crippen LogP contribution in [0, 0.1) is 0 Å². The minimum absolute atomic E-state index is 0.121. The van der Waals surface area contributed by atoms with Crippen molar-refractivity contribution >= 4 is 49.1 Å². The van der Waals surface area contributed by atoms with Gasteiger partial charge in [-0.3, -0.25) is 4.79 Å². The van der Waals surface area contributed by atoms with Crippen LogP contribution in [0.2, 0.25) is 6.04 Å². The van der Waals surface area contributed by atoms with Gasteiger partial charge >= 0.3 is 14.8 Å². The van der Waals surface area contributed by atoms with Crippen LogP contribution in [0.1, 0.15) is 66.7 Å². The number of carbonyl (C=O) groups excluding carboxylic acids is 1. The standard InChI is InChI=1S/C19H39IO5SSi/c1-6-23-27(24-7-2,25-8-3)17-13-16-26-15-12-10-9-11-14-22-18(21)19(4,5)20/h6-17H2,1-5H3. The van der Waals surface area contributed by atoms with Gasteiger partial charge in [-0.25, -0.2) is 0 Å². The highest BCUT2D eigenvalue weighted by atomic mass is 127. The summed E-state index contributed by atoms with van der Waals surface area (Å²) in [5, 5.41) is 0. The third-order valence-electron chi connectivity index (χ3n) is 3.77. The van der Waals surface area contributed by atoms with Gasteiger partial charge in [-0.2, -0.15) is 11.8 Å². The molecule has 0 heterocycles. The van der Waals surface area contributed by atoms with Crippen molar-refractivity contribution in [1.29, 1.82) is 0 Å². The van der Waals surface area contributed by atoms with E-state index < -0.39 is 12.2 Å². The van der Waals surface area contributed by atoms with Gasteiger partial charge in [-0.05, 0) is 65.4 Å². The van der Waals surface area contributed by atoms with Crippen molar-refractivity contribution in [3.63, 3.8) is 0 Å². The van der Waals surface area contributed by atoms with Crippen LogP contribution in [0.3, 0.4) is 0 Å². The first kappa shape index (κ1) is 27.6. The first-order valence-electron chi connectivity index (χ1n) is 10.2. The van der Waals surface area contributed by atoms with E-state index >= 15 is 0 Å². The fraction of sp³-hybridized carbons (Fsp3) is 0.947. The molecule has 0 fully saturated rings. The molecule has 0 aromatic rings. The van der Waals surface area contributed by atoms with Crippen molar-refractivity contribution in [2.45, 2.75) is 76.2 Å². The Morgan fingerprint density at radius 1 is 0.889 bits per heavy atom. The number of hydrogen-bond acceptors (Lipinski definition) is 6. The predicted molar refractivity (Wildman–Crippen MR) is 125 cm³/mol. The van der Waals surface area contributed by atoms with E-state index in [4.69, 9.17) is 18.0 Å². The summed E-state index contributed by atoms with van der Waals surface area (Å²) in [6.07, 6.45) is 5.53. The van der Waals surface area contributed by atoms with Gasteiger partial charge in [-0.1, -0.05) is 35.4 Å². The topological polar surface area (TPSA) is 54.0 Å². The summed E-state index contributed by atoms with van der Waals surface area (Å²) in [5.74, 6) is 2.17. The van der Waals surface area contributed by atoms with Crippen LogP contribution in [0.4, 0.5) is 0 Å². The van der Waals surface area contributed by atoms with Gasteiger partial charge in [0.05, 0.1) is 6.61 Å². The van der Waals surface area contributed by atoms with Crippen LogP contribution < -0.4 is 0 Å². The molecule has 0 saturated heterocycles. The molecule has 5 nitrogen and oxygen atoms in total. The number of thioether (sulfide) groups is 1. The Kier molecular flexibility index (Phi) is 16.8. The highest BCUT2D eigenvalue weighted by Gasteiger charge is 2.39. The molecule has 0 atom stereocenters. The van der Waals surface area contributed by atoms with E-state index in [0.29, 0.717) is 26.4 Å². The van der Waals surface area contributed by atoms with Gasteiger partial charge in [0, 0.05) is 25.9 Å². The van der Waals surface area contributed by atoms with E-state index in [-0.39, 0.29) is 5.97 Å². The van der Waals surface area contributed by atoms with E-state index in [2.05, 4.69) is 22.6 Å². The fourth-order valence-corrected chi connectivity index (χ4v) is 6.48. The molecule has 0 spiro atoms. The van der Waals surface area contributed by atoms with Crippen LogP contribution in [-0.4, -0.2) is 56.1 Å². The maximum atomic E-state index is 11.6. The zero-order valence-electron chi connectivity index (χ0n) is 17.8. The molecular weight excluding hydrogens is 495 g/mol. The molecule has 0 aromatic heterocycles. The first-order valence-corrected chi connectivity index (χ1v) is 14.3. The number of esters is 1. The Morgan fingerprint density at radius 3 is 1.93 bits per heavy atom. The van der Waals surface area contributed by atoms with Gasteiger partial charge in [0.25, 0.3) is 0 Å². The lowest BCUT2D eigenvalue weighted by Gasteiger charge is -2.28. The summed E-state index contributed by atoms with van der Waals surface area (Å²) in [4.78, 5) is 11.6. The first-order chi connectivity index (χ1) is 12.8. The monoisotopic (exact) mass is 534 g/mol. The lowest BCUT2D eigenvalue weighted by atomic mass is 10.2. The zero-order chi connectivity index (χ0) is 20.6. The Hall–Kier alpha value is 0.647. The molecule has 0 aliphatic heterocycles. The van der Waals surface area contributed by atoms with Crippen LogP contribution in [-0.2, 0) is 22.8 Å². The van der Waals surface area contributed by atoms with Crippen LogP contribution in [0.15, 0.2) is 0 Å². The molecule has 0 bridgehead atoms. The van der Waals surface area contributed by atoms with Crippen molar-refractivity contribution in [3.05, 3.63) is 0 Å². The number of carbonyl (C=O) groups is 1. The Bertz CT molecular complexity index is 363. The highest BCUT2D eigenvalue weighted by Crippen LogP contribution is 2.21. The van der Waals surface area contributed by atoms with E-state index in [1.54, 1.807) is 0 Å². The molecule has 0 radical (unpaired) electrons. The van der Waals surface area contributed by atoms with Crippen LogP contribution in [0.5, 0.6) is 0 Å². The summed E-state index contributed by atoms with van der Waals surface area (Å²) in [6.45, 7) is 12.2. The minimum atomic E-state index is -2.46. The maximum Gasteiger partial charge on any atom is 0.500 e. The average molecular weight is 535 g/mol. The van der Waals surface area contributed by atoms with Gasteiger partial charge in [0.15, 0.2) is 0 Å². The predicted octanol–water partition coefficient (Wildman–Crippen LogP) is 5.48. The van der Waals surface area contributed by atoms with Crippen molar-refractivity contribution < 1.29 is 22.8 Å². The number of hydrogen-bond donors (Lipinski definition) is 0. The molecule has 8 heteroatoms. The lowest BCUT2D eigenvalue weighted by molar-refractivity contribution is -0.145. The van der Waals surface area contributed by atoms with Crippen molar-refractivity contribution in [2.75, 3.05) is 37.9 Å². The molecule has 0 aliphatic carbocycles. The molecular formula is C19H39IO5SSi. The zero-order valence-corrected chi connectivity index (χ0v) is 21.8. The molecule has 0 amide bonds. The maximum absolute atomic E-state index is 11.6. The van der Waals surface area contributed by atoms with Crippen molar-refractivity contribution in [2.24, 2.45) is 0 Å².